The smallest absolute Gasteiger partial charge is 0.0587 e. The molecule has 1 aliphatic rings. The number of hydrogen-bond acceptors (Lipinski definition) is 2. The molecule has 3 unspecified atom stereocenters. The molecular formula is C14H29NO. The first-order valence-corrected chi connectivity index (χ1v) is 6.93. The minimum atomic E-state index is 0.831. The molecule has 0 heterocycles. The van der Waals surface area contributed by atoms with Gasteiger partial charge >= 0.3 is 0 Å². The zero-order chi connectivity index (χ0) is 11.8. The second-order valence-corrected chi connectivity index (χ2v) is 5.52. The molecule has 1 fully saturated rings. The van der Waals surface area contributed by atoms with Gasteiger partial charge in [0, 0.05) is 13.7 Å². The van der Waals surface area contributed by atoms with Gasteiger partial charge in [-0.15, -0.1) is 0 Å². The van der Waals surface area contributed by atoms with Crippen LogP contribution in [-0.4, -0.2) is 26.8 Å². The second-order valence-electron chi connectivity index (χ2n) is 5.52. The van der Waals surface area contributed by atoms with Crippen LogP contribution in [0.1, 0.15) is 46.0 Å². The molecule has 0 aliphatic heterocycles. The summed E-state index contributed by atoms with van der Waals surface area (Å²) in [6, 6.07) is 0. The third-order valence-corrected chi connectivity index (χ3v) is 4.16. The molecule has 96 valence electrons. The van der Waals surface area contributed by atoms with E-state index in [1.807, 2.05) is 0 Å². The van der Waals surface area contributed by atoms with Crippen LogP contribution in [0.3, 0.4) is 0 Å². The summed E-state index contributed by atoms with van der Waals surface area (Å²) >= 11 is 0. The largest absolute Gasteiger partial charge is 0.383 e. The highest BCUT2D eigenvalue weighted by Crippen LogP contribution is 2.35. The highest BCUT2D eigenvalue weighted by molar-refractivity contribution is 4.75. The first-order chi connectivity index (χ1) is 7.74. The number of nitrogens with one attached hydrogen (secondary N) is 1. The molecule has 16 heavy (non-hydrogen) atoms. The summed E-state index contributed by atoms with van der Waals surface area (Å²) in [5.41, 5.74) is 0. The van der Waals surface area contributed by atoms with Gasteiger partial charge in [0.1, 0.15) is 0 Å². The van der Waals surface area contributed by atoms with Gasteiger partial charge in [-0.05, 0) is 43.6 Å². The summed E-state index contributed by atoms with van der Waals surface area (Å²) in [7, 11) is 1.76. The van der Waals surface area contributed by atoms with Gasteiger partial charge in [0.05, 0.1) is 6.61 Å². The van der Waals surface area contributed by atoms with Crippen LogP contribution in [0.5, 0.6) is 0 Å². The Morgan fingerprint density at radius 1 is 1.12 bits per heavy atom. The SMILES string of the molecule is COCCNCCCC1CCC(C)C(C)C1. The summed E-state index contributed by atoms with van der Waals surface area (Å²) in [5, 5.41) is 3.42. The molecule has 0 aromatic carbocycles. The van der Waals surface area contributed by atoms with Crippen molar-refractivity contribution < 1.29 is 4.74 Å². The van der Waals surface area contributed by atoms with Gasteiger partial charge in [0.2, 0.25) is 0 Å². The molecule has 1 N–H and O–H groups in total. The average molecular weight is 227 g/mol. The van der Waals surface area contributed by atoms with Crippen LogP contribution in [0.2, 0.25) is 0 Å². The van der Waals surface area contributed by atoms with E-state index in [0.29, 0.717) is 0 Å². The average Bonchev–Trinajstić information content (AvgIpc) is 2.28. The molecule has 0 amide bonds. The summed E-state index contributed by atoms with van der Waals surface area (Å²) in [6.07, 6.45) is 7.11. The van der Waals surface area contributed by atoms with Crippen molar-refractivity contribution in [2.24, 2.45) is 17.8 Å². The topological polar surface area (TPSA) is 21.3 Å². The van der Waals surface area contributed by atoms with Gasteiger partial charge < -0.3 is 10.1 Å². The molecule has 1 saturated carbocycles. The van der Waals surface area contributed by atoms with Gasteiger partial charge in [0.15, 0.2) is 0 Å². The maximum absolute atomic E-state index is 5.00. The lowest BCUT2D eigenvalue weighted by Crippen LogP contribution is -2.23. The Morgan fingerprint density at radius 3 is 2.62 bits per heavy atom. The molecule has 2 nitrogen and oxygen atoms in total. The van der Waals surface area contributed by atoms with Crippen LogP contribution in [-0.2, 0) is 4.74 Å². The molecule has 3 atom stereocenters. The Labute approximate surface area is 101 Å². The zero-order valence-electron chi connectivity index (χ0n) is 11.3. The quantitative estimate of drug-likeness (QED) is 0.675. The maximum Gasteiger partial charge on any atom is 0.0587 e. The van der Waals surface area contributed by atoms with Crippen LogP contribution in [0.15, 0.2) is 0 Å². The molecule has 0 aromatic heterocycles. The Bertz CT molecular complexity index is 172. The highest BCUT2D eigenvalue weighted by Gasteiger charge is 2.23. The van der Waals surface area contributed by atoms with Crippen molar-refractivity contribution in [1.82, 2.24) is 5.32 Å². The molecular weight excluding hydrogens is 198 g/mol. The van der Waals surface area contributed by atoms with Gasteiger partial charge in [-0.25, -0.2) is 0 Å². The predicted molar refractivity (Wildman–Crippen MR) is 69.6 cm³/mol. The van der Waals surface area contributed by atoms with Crippen molar-refractivity contribution in [1.29, 1.82) is 0 Å². The third-order valence-electron chi connectivity index (χ3n) is 4.16. The minimum absolute atomic E-state index is 0.831. The summed E-state index contributed by atoms with van der Waals surface area (Å²) in [4.78, 5) is 0. The van der Waals surface area contributed by atoms with Crippen molar-refractivity contribution in [2.45, 2.75) is 46.0 Å². The van der Waals surface area contributed by atoms with Gasteiger partial charge in [-0.1, -0.05) is 26.7 Å². The summed E-state index contributed by atoms with van der Waals surface area (Å²) in [5.74, 6) is 2.90. The second kappa shape index (κ2) is 8.08. The normalized spacial score (nSPS) is 30.6. The van der Waals surface area contributed by atoms with Gasteiger partial charge in [-0.3, -0.25) is 0 Å². The van der Waals surface area contributed by atoms with Crippen LogP contribution in [0.4, 0.5) is 0 Å². The molecule has 2 heteroatoms. The molecule has 0 saturated heterocycles. The maximum atomic E-state index is 5.00. The van der Waals surface area contributed by atoms with E-state index in [2.05, 4.69) is 19.2 Å². The fourth-order valence-corrected chi connectivity index (χ4v) is 2.74. The monoisotopic (exact) mass is 227 g/mol. The number of methoxy groups -OCH3 is 1. The Kier molecular flexibility index (Phi) is 7.06. The number of hydrogen-bond donors (Lipinski definition) is 1. The Morgan fingerprint density at radius 2 is 1.94 bits per heavy atom. The van der Waals surface area contributed by atoms with Crippen molar-refractivity contribution >= 4 is 0 Å². The Balaban J connectivity index is 1.97. The standard InChI is InChI=1S/C14H29NO/c1-12-6-7-14(11-13(12)2)5-4-8-15-9-10-16-3/h12-15H,4-11H2,1-3H3. The minimum Gasteiger partial charge on any atom is -0.383 e. The highest BCUT2D eigenvalue weighted by atomic mass is 16.5. The van der Waals surface area contributed by atoms with E-state index < -0.39 is 0 Å². The van der Waals surface area contributed by atoms with E-state index in [0.717, 1.165) is 37.5 Å². The lowest BCUT2D eigenvalue weighted by molar-refractivity contribution is 0.192. The van der Waals surface area contributed by atoms with Crippen molar-refractivity contribution in [3.8, 4) is 0 Å². The van der Waals surface area contributed by atoms with E-state index in [-0.39, 0.29) is 0 Å². The van der Waals surface area contributed by atoms with Crippen molar-refractivity contribution in [3.63, 3.8) is 0 Å². The van der Waals surface area contributed by atoms with Crippen molar-refractivity contribution in [3.05, 3.63) is 0 Å². The predicted octanol–water partition coefficient (Wildman–Crippen LogP) is 3.07. The lowest BCUT2D eigenvalue weighted by Gasteiger charge is -2.32. The zero-order valence-corrected chi connectivity index (χ0v) is 11.3. The van der Waals surface area contributed by atoms with Gasteiger partial charge in [-0.2, -0.15) is 0 Å². The van der Waals surface area contributed by atoms with Crippen molar-refractivity contribution in [2.75, 3.05) is 26.8 Å². The number of ether oxygens (including phenoxy) is 1. The van der Waals surface area contributed by atoms with Crippen LogP contribution < -0.4 is 5.32 Å². The Hall–Kier alpha value is -0.0800. The van der Waals surface area contributed by atoms with E-state index in [1.165, 1.54) is 32.1 Å². The number of rotatable bonds is 7. The molecule has 0 spiro atoms. The third kappa shape index (κ3) is 5.31. The fraction of sp³-hybridized carbons (Fsp3) is 1.00. The summed E-state index contributed by atoms with van der Waals surface area (Å²) < 4.78 is 5.00. The van der Waals surface area contributed by atoms with Crippen LogP contribution >= 0.6 is 0 Å². The fourth-order valence-electron chi connectivity index (χ4n) is 2.74. The first-order valence-electron chi connectivity index (χ1n) is 6.93. The van der Waals surface area contributed by atoms with E-state index >= 15 is 0 Å². The summed E-state index contributed by atoms with van der Waals surface area (Å²) in [6.45, 7) is 7.82. The molecule has 0 radical (unpaired) electrons. The molecule has 1 aliphatic carbocycles. The van der Waals surface area contributed by atoms with E-state index in [9.17, 15) is 0 Å². The first kappa shape index (κ1) is 14.0. The molecule has 0 aromatic rings. The van der Waals surface area contributed by atoms with E-state index in [4.69, 9.17) is 4.74 Å². The molecule has 1 rings (SSSR count). The lowest BCUT2D eigenvalue weighted by atomic mass is 9.74. The van der Waals surface area contributed by atoms with Crippen LogP contribution in [0, 0.1) is 17.8 Å². The van der Waals surface area contributed by atoms with E-state index in [1.54, 1.807) is 7.11 Å². The van der Waals surface area contributed by atoms with Crippen LogP contribution in [0.25, 0.3) is 0 Å². The molecule has 0 bridgehead atoms. The van der Waals surface area contributed by atoms with Gasteiger partial charge in [0.25, 0.3) is 0 Å².